The van der Waals surface area contributed by atoms with Crippen molar-refractivity contribution >= 4 is 23.1 Å². The van der Waals surface area contributed by atoms with Crippen LogP contribution in [0.25, 0.3) is 0 Å². The van der Waals surface area contributed by atoms with Gasteiger partial charge >= 0.3 is 5.97 Å². The third kappa shape index (κ3) is 5.84. The number of hydrogen-bond donors (Lipinski definition) is 2. The molecule has 0 aliphatic carbocycles. The molecule has 2 atom stereocenters. The Kier molecular flexibility index (Phi) is 7.48. The first-order valence-corrected chi connectivity index (χ1v) is 8.96. The first kappa shape index (κ1) is 18.3. The molecular formula is C14H26N2O4S. The smallest absolute Gasteiger partial charge is 0.320 e. The van der Waals surface area contributed by atoms with Gasteiger partial charge in [0.1, 0.15) is 17.5 Å². The van der Waals surface area contributed by atoms with Crippen LogP contribution in [-0.4, -0.2) is 63.1 Å². The molecule has 1 fully saturated rings. The molecule has 1 aliphatic heterocycles. The van der Waals surface area contributed by atoms with Crippen LogP contribution < -0.4 is 5.32 Å². The summed E-state index contributed by atoms with van der Waals surface area (Å²) in [7, 11) is 0. The van der Waals surface area contributed by atoms with Gasteiger partial charge in [-0.05, 0) is 18.8 Å². The number of aliphatic carboxylic acids is 1. The molecule has 0 saturated carbocycles. The first-order chi connectivity index (χ1) is 9.85. The Bertz CT molecular complexity index is 357. The van der Waals surface area contributed by atoms with Crippen LogP contribution in [0.5, 0.6) is 0 Å². The highest BCUT2D eigenvalue weighted by Crippen LogP contribution is 2.12. The van der Waals surface area contributed by atoms with Crippen LogP contribution in [0, 0.1) is 5.92 Å². The molecule has 0 bridgehead atoms. The SMILES string of the molecule is CCC(NC(CC(C)C)C(=O)N1CC[S+]([O-])CC1)C(=O)O. The van der Waals surface area contributed by atoms with Gasteiger partial charge in [0.2, 0.25) is 5.91 Å². The van der Waals surface area contributed by atoms with Crippen molar-refractivity contribution in [2.75, 3.05) is 24.6 Å². The fraction of sp³-hybridized carbons (Fsp3) is 0.857. The van der Waals surface area contributed by atoms with Crippen LogP contribution >= 0.6 is 0 Å². The van der Waals surface area contributed by atoms with Gasteiger partial charge in [-0.15, -0.1) is 0 Å². The summed E-state index contributed by atoms with van der Waals surface area (Å²) in [6, 6.07) is -1.20. The maximum absolute atomic E-state index is 12.6. The quantitative estimate of drug-likeness (QED) is 0.665. The highest BCUT2D eigenvalue weighted by atomic mass is 32.2. The van der Waals surface area contributed by atoms with E-state index in [9.17, 15) is 14.1 Å². The molecule has 0 spiro atoms. The lowest BCUT2D eigenvalue weighted by molar-refractivity contribution is -0.140. The molecule has 1 saturated heterocycles. The number of carboxylic acids is 1. The topological polar surface area (TPSA) is 92.7 Å². The fourth-order valence-electron chi connectivity index (χ4n) is 2.40. The van der Waals surface area contributed by atoms with Crippen LogP contribution in [0.3, 0.4) is 0 Å². The minimum Gasteiger partial charge on any atom is -0.616 e. The van der Waals surface area contributed by atoms with E-state index < -0.39 is 29.2 Å². The molecular weight excluding hydrogens is 292 g/mol. The minimum absolute atomic E-state index is 0.0694. The number of rotatable bonds is 7. The second-order valence-corrected chi connectivity index (χ2v) is 7.52. The minimum atomic E-state index is -0.932. The van der Waals surface area contributed by atoms with Crippen molar-refractivity contribution in [3.05, 3.63) is 0 Å². The molecule has 7 heteroatoms. The standard InChI is InChI=1S/C14H26N2O4S/c1-4-11(14(18)19)15-12(9-10(2)3)13(17)16-5-7-21(20)8-6-16/h10-12,15H,4-9H2,1-3H3,(H,18,19). The lowest BCUT2D eigenvalue weighted by atomic mass is 10.0. The second-order valence-electron chi connectivity index (χ2n) is 5.82. The van der Waals surface area contributed by atoms with Gasteiger partial charge in [0.15, 0.2) is 0 Å². The Hall–Kier alpha value is -0.790. The van der Waals surface area contributed by atoms with Gasteiger partial charge in [-0.1, -0.05) is 31.9 Å². The summed E-state index contributed by atoms with van der Waals surface area (Å²) < 4.78 is 11.4. The number of carboxylic acid groups (broad SMARTS) is 1. The first-order valence-electron chi connectivity index (χ1n) is 7.47. The Balaban J connectivity index is 2.71. The van der Waals surface area contributed by atoms with Crippen molar-refractivity contribution in [3.8, 4) is 0 Å². The van der Waals surface area contributed by atoms with Gasteiger partial charge in [-0.25, -0.2) is 0 Å². The highest BCUT2D eigenvalue weighted by molar-refractivity contribution is 7.91. The highest BCUT2D eigenvalue weighted by Gasteiger charge is 2.31. The van der Waals surface area contributed by atoms with Gasteiger partial charge in [-0.3, -0.25) is 14.9 Å². The third-order valence-corrected chi connectivity index (χ3v) is 4.88. The maximum atomic E-state index is 12.6. The molecule has 0 aromatic heterocycles. The molecule has 6 nitrogen and oxygen atoms in total. The zero-order chi connectivity index (χ0) is 16.0. The van der Waals surface area contributed by atoms with Crippen LogP contribution in [-0.2, 0) is 20.8 Å². The number of amides is 1. The van der Waals surface area contributed by atoms with Crippen LogP contribution in [0.15, 0.2) is 0 Å². The molecule has 1 aliphatic rings. The molecule has 2 N–H and O–H groups in total. The Morgan fingerprint density at radius 1 is 1.29 bits per heavy atom. The summed E-state index contributed by atoms with van der Waals surface area (Å²) in [5.74, 6) is 0.308. The summed E-state index contributed by atoms with van der Waals surface area (Å²) in [5, 5.41) is 12.1. The van der Waals surface area contributed by atoms with Crippen molar-refractivity contribution < 1.29 is 19.2 Å². The number of nitrogens with one attached hydrogen (secondary N) is 1. The second kappa shape index (κ2) is 8.60. The maximum Gasteiger partial charge on any atom is 0.320 e. The number of hydrogen-bond acceptors (Lipinski definition) is 4. The van der Waals surface area contributed by atoms with Crippen molar-refractivity contribution in [3.63, 3.8) is 0 Å². The van der Waals surface area contributed by atoms with E-state index in [0.29, 0.717) is 37.4 Å². The molecule has 122 valence electrons. The van der Waals surface area contributed by atoms with Gasteiger partial charge in [0, 0.05) is 0 Å². The van der Waals surface area contributed by atoms with Crippen molar-refractivity contribution in [1.82, 2.24) is 10.2 Å². The molecule has 1 amide bonds. The van der Waals surface area contributed by atoms with E-state index in [4.69, 9.17) is 5.11 Å². The Morgan fingerprint density at radius 2 is 1.86 bits per heavy atom. The van der Waals surface area contributed by atoms with E-state index >= 15 is 0 Å². The molecule has 2 unspecified atom stereocenters. The average molecular weight is 318 g/mol. The van der Waals surface area contributed by atoms with Gasteiger partial charge in [-0.2, -0.15) is 0 Å². The van der Waals surface area contributed by atoms with Crippen LogP contribution in [0.2, 0.25) is 0 Å². The van der Waals surface area contributed by atoms with Gasteiger partial charge < -0.3 is 14.6 Å². The lowest BCUT2D eigenvalue weighted by Gasteiger charge is -2.33. The van der Waals surface area contributed by atoms with Crippen LogP contribution in [0.1, 0.15) is 33.6 Å². The zero-order valence-corrected chi connectivity index (χ0v) is 13.8. The third-order valence-electron chi connectivity index (χ3n) is 3.60. The van der Waals surface area contributed by atoms with E-state index in [1.165, 1.54) is 0 Å². The average Bonchev–Trinajstić information content (AvgIpc) is 2.42. The molecule has 21 heavy (non-hydrogen) atoms. The monoisotopic (exact) mass is 318 g/mol. The largest absolute Gasteiger partial charge is 0.616 e. The van der Waals surface area contributed by atoms with Crippen molar-refractivity contribution in [2.24, 2.45) is 5.92 Å². The zero-order valence-electron chi connectivity index (χ0n) is 13.0. The Morgan fingerprint density at radius 3 is 2.29 bits per heavy atom. The van der Waals surface area contributed by atoms with E-state index in [1.807, 2.05) is 13.8 Å². The number of carbonyl (C=O) groups excluding carboxylic acids is 1. The van der Waals surface area contributed by atoms with E-state index in [1.54, 1.807) is 11.8 Å². The van der Waals surface area contributed by atoms with Gasteiger partial charge in [0.05, 0.1) is 19.1 Å². The molecule has 0 aromatic rings. The van der Waals surface area contributed by atoms with Gasteiger partial charge in [0.25, 0.3) is 0 Å². The normalized spacial score (nSPS) is 19.6. The lowest BCUT2D eigenvalue weighted by Crippen LogP contribution is -2.55. The van der Waals surface area contributed by atoms with E-state index in [-0.39, 0.29) is 11.8 Å². The summed E-state index contributed by atoms with van der Waals surface area (Å²) >= 11 is -0.829. The fourth-order valence-corrected chi connectivity index (χ4v) is 3.45. The molecule has 1 heterocycles. The predicted molar refractivity (Wildman–Crippen MR) is 82.5 cm³/mol. The number of nitrogens with zero attached hydrogens (tertiary/aromatic N) is 1. The van der Waals surface area contributed by atoms with Crippen molar-refractivity contribution in [2.45, 2.75) is 45.7 Å². The summed E-state index contributed by atoms with van der Waals surface area (Å²) in [4.78, 5) is 25.5. The van der Waals surface area contributed by atoms with E-state index in [2.05, 4.69) is 5.32 Å². The summed E-state index contributed by atoms with van der Waals surface area (Å²) in [6.45, 7) is 6.79. The summed E-state index contributed by atoms with van der Waals surface area (Å²) in [5.41, 5.74) is 0. The Labute approximate surface area is 129 Å². The summed E-state index contributed by atoms with van der Waals surface area (Å²) in [6.07, 6.45) is 1.03. The van der Waals surface area contributed by atoms with E-state index in [0.717, 1.165) is 0 Å². The van der Waals surface area contributed by atoms with Crippen molar-refractivity contribution in [1.29, 1.82) is 0 Å². The van der Waals surface area contributed by atoms with Crippen LogP contribution in [0.4, 0.5) is 0 Å². The number of carbonyl (C=O) groups is 2. The molecule has 1 rings (SSSR count). The molecule has 0 radical (unpaired) electrons. The predicted octanol–water partition coefficient (Wildman–Crippen LogP) is 0.445. The molecule has 0 aromatic carbocycles.